The predicted octanol–water partition coefficient (Wildman–Crippen LogP) is 1.87. The Morgan fingerprint density at radius 3 is 2.79 bits per heavy atom. The number of amides is 1. The molecule has 0 bridgehead atoms. The topological polar surface area (TPSA) is 42.0 Å². The summed E-state index contributed by atoms with van der Waals surface area (Å²) >= 11 is 0. The fourth-order valence-corrected chi connectivity index (χ4v) is 1.52. The molecule has 0 spiro atoms. The third kappa shape index (κ3) is 1.50. The normalized spacial score (nSPS) is 15.2. The second kappa shape index (κ2) is 2.80. The first-order chi connectivity index (χ1) is 6.47. The summed E-state index contributed by atoms with van der Waals surface area (Å²) in [5.41, 5.74) is 2.97. The van der Waals surface area contributed by atoms with Crippen LogP contribution in [-0.2, 0) is 16.6 Å². The van der Waals surface area contributed by atoms with Crippen LogP contribution in [-0.4, -0.2) is 10.9 Å². The number of anilines is 1. The number of fused-ring (bicyclic) bond motifs is 1. The minimum absolute atomic E-state index is 0.0301. The molecule has 0 saturated carbocycles. The number of nitrogens with one attached hydrogen (secondary N) is 1. The first kappa shape index (κ1) is 9.19. The van der Waals surface area contributed by atoms with Crippen molar-refractivity contribution in [3.05, 3.63) is 23.5 Å². The fraction of sp³-hybridized carbons (Fsp3) is 0.455. The van der Waals surface area contributed by atoms with Crippen LogP contribution in [0.2, 0.25) is 0 Å². The van der Waals surface area contributed by atoms with Crippen molar-refractivity contribution in [3.8, 4) is 0 Å². The molecular weight excluding hydrogens is 176 g/mol. The van der Waals surface area contributed by atoms with Gasteiger partial charge >= 0.3 is 0 Å². The van der Waals surface area contributed by atoms with Gasteiger partial charge < -0.3 is 5.32 Å². The molecule has 14 heavy (non-hydrogen) atoms. The van der Waals surface area contributed by atoms with Crippen LogP contribution in [0.4, 0.5) is 5.69 Å². The Kier molecular flexibility index (Phi) is 1.84. The van der Waals surface area contributed by atoms with Gasteiger partial charge in [-0.15, -0.1) is 0 Å². The number of carbonyl (C=O) groups excluding carboxylic acids is 1. The molecule has 74 valence electrons. The van der Waals surface area contributed by atoms with Crippen molar-refractivity contribution in [1.82, 2.24) is 4.98 Å². The van der Waals surface area contributed by atoms with Crippen LogP contribution in [0.25, 0.3) is 0 Å². The Morgan fingerprint density at radius 2 is 2.14 bits per heavy atom. The average molecular weight is 190 g/mol. The minimum atomic E-state index is 0.0301. The van der Waals surface area contributed by atoms with Gasteiger partial charge in [0, 0.05) is 28.6 Å². The molecule has 0 radical (unpaired) electrons. The van der Waals surface area contributed by atoms with Crippen LogP contribution in [0.1, 0.15) is 32.0 Å². The first-order valence-corrected chi connectivity index (χ1v) is 4.76. The Morgan fingerprint density at radius 1 is 1.43 bits per heavy atom. The second-order valence-electron chi connectivity index (χ2n) is 4.70. The maximum atomic E-state index is 11.1. The van der Waals surface area contributed by atoms with E-state index in [1.807, 2.05) is 6.07 Å². The molecule has 0 atom stereocenters. The van der Waals surface area contributed by atoms with Crippen LogP contribution in [0.15, 0.2) is 12.3 Å². The van der Waals surface area contributed by atoms with E-state index in [0.29, 0.717) is 6.42 Å². The number of hydrogen-bond acceptors (Lipinski definition) is 2. The van der Waals surface area contributed by atoms with Crippen molar-refractivity contribution >= 4 is 11.6 Å². The molecule has 1 aliphatic rings. The molecule has 2 heterocycles. The fourth-order valence-electron chi connectivity index (χ4n) is 1.52. The number of nitrogens with zero attached hydrogens (tertiary/aromatic N) is 1. The van der Waals surface area contributed by atoms with Gasteiger partial charge in [0.25, 0.3) is 0 Å². The SMILES string of the molecule is CC(C)(C)c1cc2c(cn1)CC(=O)N2. The lowest BCUT2D eigenvalue weighted by Gasteiger charge is -2.18. The van der Waals surface area contributed by atoms with Gasteiger partial charge in [0.15, 0.2) is 0 Å². The van der Waals surface area contributed by atoms with Crippen LogP contribution in [0.5, 0.6) is 0 Å². The maximum absolute atomic E-state index is 11.1. The van der Waals surface area contributed by atoms with Gasteiger partial charge in [-0.3, -0.25) is 9.78 Å². The molecule has 1 aromatic rings. The van der Waals surface area contributed by atoms with Crippen LogP contribution in [0.3, 0.4) is 0 Å². The number of pyridine rings is 1. The van der Waals surface area contributed by atoms with E-state index in [-0.39, 0.29) is 11.3 Å². The second-order valence-corrected chi connectivity index (χ2v) is 4.70. The van der Waals surface area contributed by atoms with E-state index in [1.165, 1.54) is 0 Å². The molecule has 3 nitrogen and oxygen atoms in total. The van der Waals surface area contributed by atoms with Gasteiger partial charge in [0.2, 0.25) is 5.91 Å². The van der Waals surface area contributed by atoms with Crippen molar-refractivity contribution < 1.29 is 4.79 Å². The van der Waals surface area contributed by atoms with Crippen molar-refractivity contribution in [3.63, 3.8) is 0 Å². The smallest absolute Gasteiger partial charge is 0.228 e. The third-order valence-electron chi connectivity index (χ3n) is 2.38. The highest BCUT2D eigenvalue weighted by atomic mass is 16.1. The van der Waals surface area contributed by atoms with E-state index in [4.69, 9.17) is 0 Å². The Bertz CT molecular complexity index is 391. The standard InChI is InChI=1S/C11H14N2O/c1-11(2,3)9-5-8-7(6-12-9)4-10(14)13-8/h5-6H,4H2,1-3H3,(H,13,14). The van der Waals surface area contributed by atoms with Gasteiger partial charge in [-0.25, -0.2) is 0 Å². The van der Waals surface area contributed by atoms with Crippen LogP contribution < -0.4 is 5.32 Å². The number of aromatic nitrogens is 1. The molecule has 2 rings (SSSR count). The monoisotopic (exact) mass is 190 g/mol. The van der Waals surface area contributed by atoms with E-state index in [0.717, 1.165) is 16.9 Å². The summed E-state index contributed by atoms with van der Waals surface area (Å²) in [6.07, 6.45) is 2.26. The summed E-state index contributed by atoms with van der Waals surface area (Å²) < 4.78 is 0. The molecule has 0 saturated heterocycles. The van der Waals surface area contributed by atoms with E-state index in [1.54, 1.807) is 6.20 Å². The Labute approximate surface area is 83.5 Å². The average Bonchev–Trinajstić information content (AvgIpc) is 2.41. The Hall–Kier alpha value is -1.38. The highest BCUT2D eigenvalue weighted by Gasteiger charge is 2.22. The number of hydrogen-bond donors (Lipinski definition) is 1. The van der Waals surface area contributed by atoms with Crippen LogP contribution >= 0.6 is 0 Å². The summed E-state index contributed by atoms with van der Waals surface area (Å²) in [5, 5.41) is 2.83. The van der Waals surface area contributed by atoms with E-state index >= 15 is 0 Å². The van der Waals surface area contributed by atoms with Gasteiger partial charge in [0.05, 0.1) is 6.42 Å². The Balaban J connectivity index is 2.43. The van der Waals surface area contributed by atoms with Crippen molar-refractivity contribution in [2.45, 2.75) is 32.6 Å². The zero-order valence-corrected chi connectivity index (χ0v) is 8.72. The molecule has 1 amide bonds. The zero-order chi connectivity index (χ0) is 10.3. The molecule has 0 aromatic carbocycles. The van der Waals surface area contributed by atoms with Crippen molar-refractivity contribution in [2.75, 3.05) is 5.32 Å². The molecule has 1 N–H and O–H groups in total. The van der Waals surface area contributed by atoms with Crippen molar-refractivity contribution in [1.29, 1.82) is 0 Å². The molecule has 0 aliphatic carbocycles. The lowest BCUT2D eigenvalue weighted by atomic mass is 9.91. The van der Waals surface area contributed by atoms with Gasteiger partial charge in [-0.1, -0.05) is 20.8 Å². The molecule has 3 heteroatoms. The lowest BCUT2D eigenvalue weighted by Crippen LogP contribution is -2.13. The van der Waals surface area contributed by atoms with Gasteiger partial charge in [0.1, 0.15) is 0 Å². The third-order valence-corrected chi connectivity index (χ3v) is 2.38. The number of rotatable bonds is 0. The van der Waals surface area contributed by atoms with E-state index in [9.17, 15) is 4.79 Å². The lowest BCUT2D eigenvalue weighted by molar-refractivity contribution is -0.115. The predicted molar refractivity (Wildman–Crippen MR) is 55.3 cm³/mol. The van der Waals surface area contributed by atoms with Gasteiger partial charge in [-0.05, 0) is 6.07 Å². The maximum Gasteiger partial charge on any atom is 0.228 e. The highest BCUT2D eigenvalue weighted by molar-refractivity contribution is 5.98. The molecule has 0 fully saturated rings. The quantitative estimate of drug-likeness (QED) is 0.678. The summed E-state index contributed by atoms with van der Waals surface area (Å²) in [7, 11) is 0. The van der Waals surface area contributed by atoms with E-state index < -0.39 is 0 Å². The molecular formula is C11H14N2O. The summed E-state index contributed by atoms with van der Waals surface area (Å²) in [5.74, 6) is 0.0628. The summed E-state index contributed by atoms with van der Waals surface area (Å²) in [4.78, 5) is 15.5. The van der Waals surface area contributed by atoms with Gasteiger partial charge in [-0.2, -0.15) is 0 Å². The molecule has 0 unspecified atom stereocenters. The zero-order valence-electron chi connectivity index (χ0n) is 8.72. The van der Waals surface area contributed by atoms with Crippen molar-refractivity contribution in [2.24, 2.45) is 0 Å². The first-order valence-electron chi connectivity index (χ1n) is 4.76. The minimum Gasteiger partial charge on any atom is -0.325 e. The van der Waals surface area contributed by atoms with E-state index in [2.05, 4.69) is 31.1 Å². The molecule has 1 aliphatic heterocycles. The largest absolute Gasteiger partial charge is 0.325 e. The number of carbonyl (C=O) groups is 1. The van der Waals surface area contributed by atoms with Crippen LogP contribution in [0, 0.1) is 0 Å². The summed E-state index contributed by atoms with van der Waals surface area (Å²) in [6, 6.07) is 1.97. The highest BCUT2D eigenvalue weighted by Crippen LogP contribution is 2.27. The molecule has 1 aromatic heterocycles. The summed E-state index contributed by atoms with van der Waals surface area (Å²) in [6.45, 7) is 6.33.